The van der Waals surface area contributed by atoms with Crippen molar-refractivity contribution in [2.24, 2.45) is 0 Å². The number of hydrogen-bond donors (Lipinski definition) is 1. The van der Waals surface area contributed by atoms with Crippen LogP contribution in [0, 0.1) is 0 Å². The SMILES string of the molecule is CN(CC(=O)N1CCCC1)c1ccc(C(=O)O)nn1. The maximum absolute atomic E-state index is 11.9. The number of carboxylic acids is 1. The number of aromatic carboxylic acids is 1. The Balaban J connectivity index is 1.97. The van der Waals surface area contributed by atoms with E-state index in [4.69, 9.17) is 5.11 Å². The maximum Gasteiger partial charge on any atom is 0.356 e. The topological polar surface area (TPSA) is 86.6 Å². The number of likely N-dealkylation sites (N-methyl/N-ethyl adjacent to an activating group) is 1. The number of nitrogens with zero attached hydrogens (tertiary/aromatic N) is 4. The predicted octanol–water partition coefficient (Wildman–Crippen LogP) is 0.233. The Labute approximate surface area is 110 Å². The summed E-state index contributed by atoms with van der Waals surface area (Å²) in [6.45, 7) is 1.85. The lowest BCUT2D eigenvalue weighted by Crippen LogP contribution is -2.37. The van der Waals surface area contributed by atoms with Crippen LogP contribution in [0.5, 0.6) is 0 Å². The Morgan fingerprint density at radius 1 is 1.32 bits per heavy atom. The number of amides is 1. The standard InChI is InChI=1S/C12H16N4O3/c1-15(8-11(17)16-6-2-3-7-16)10-5-4-9(12(18)19)13-14-10/h4-5H,2-3,6-8H2,1H3,(H,18,19). The largest absolute Gasteiger partial charge is 0.476 e. The molecule has 1 aromatic heterocycles. The molecule has 7 heteroatoms. The molecule has 0 aromatic carbocycles. The van der Waals surface area contributed by atoms with E-state index in [0.717, 1.165) is 25.9 Å². The normalized spacial score (nSPS) is 14.5. The molecule has 1 aliphatic heterocycles. The van der Waals surface area contributed by atoms with E-state index in [9.17, 15) is 9.59 Å². The number of aromatic nitrogens is 2. The van der Waals surface area contributed by atoms with Gasteiger partial charge in [0.25, 0.3) is 0 Å². The summed E-state index contributed by atoms with van der Waals surface area (Å²) in [5.74, 6) is -0.573. The summed E-state index contributed by atoms with van der Waals surface area (Å²) in [6, 6.07) is 2.93. The lowest BCUT2D eigenvalue weighted by molar-refractivity contribution is -0.128. The number of carbonyl (C=O) groups excluding carboxylic acids is 1. The number of carbonyl (C=O) groups is 2. The van der Waals surface area contributed by atoms with Gasteiger partial charge in [-0.1, -0.05) is 0 Å². The molecule has 102 valence electrons. The lowest BCUT2D eigenvalue weighted by Gasteiger charge is -2.21. The zero-order valence-corrected chi connectivity index (χ0v) is 10.7. The zero-order chi connectivity index (χ0) is 13.8. The van der Waals surface area contributed by atoms with Crippen molar-refractivity contribution in [1.82, 2.24) is 15.1 Å². The van der Waals surface area contributed by atoms with E-state index in [1.165, 1.54) is 6.07 Å². The third kappa shape index (κ3) is 3.18. The summed E-state index contributed by atoms with van der Waals surface area (Å²) in [7, 11) is 1.73. The van der Waals surface area contributed by atoms with Gasteiger partial charge in [-0.2, -0.15) is 0 Å². The molecule has 0 aliphatic carbocycles. The van der Waals surface area contributed by atoms with Gasteiger partial charge in [-0.05, 0) is 25.0 Å². The molecule has 1 N–H and O–H groups in total. The van der Waals surface area contributed by atoms with Gasteiger partial charge in [-0.25, -0.2) is 4.79 Å². The highest BCUT2D eigenvalue weighted by Gasteiger charge is 2.19. The summed E-state index contributed by atoms with van der Waals surface area (Å²) in [5, 5.41) is 16.1. The highest BCUT2D eigenvalue weighted by molar-refractivity contribution is 5.85. The van der Waals surface area contributed by atoms with E-state index in [1.54, 1.807) is 18.0 Å². The molecule has 1 aromatic rings. The molecule has 0 bridgehead atoms. The Morgan fingerprint density at radius 2 is 2.00 bits per heavy atom. The lowest BCUT2D eigenvalue weighted by atomic mass is 10.3. The van der Waals surface area contributed by atoms with Crippen LogP contribution in [0.15, 0.2) is 12.1 Å². The molecule has 1 amide bonds. The van der Waals surface area contributed by atoms with Crippen molar-refractivity contribution in [3.05, 3.63) is 17.8 Å². The van der Waals surface area contributed by atoms with Crippen LogP contribution >= 0.6 is 0 Å². The molecule has 0 unspecified atom stereocenters. The molecule has 2 rings (SSSR count). The monoisotopic (exact) mass is 264 g/mol. The van der Waals surface area contributed by atoms with E-state index in [1.807, 2.05) is 4.90 Å². The molecule has 1 fully saturated rings. The minimum absolute atomic E-state index is 0.0594. The van der Waals surface area contributed by atoms with Crippen LogP contribution in [0.1, 0.15) is 23.3 Å². The van der Waals surface area contributed by atoms with Crippen LogP contribution in [-0.2, 0) is 4.79 Å². The van der Waals surface area contributed by atoms with Gasteiger partial charge in [-0.15, -0.1) is 10.2 Å². The quantitative estimate of drug-likeness (QED) is 0.838. The van der Waals surface area contributed by atoms with Crippen LogP contribution in [-0.4, -0.2) is 58.8 Å². The van der Waals surface area contributed by atoms with Gasteiger partial charge in [0, 0.05) is 20.1 Å². The first-order valence-electron chi connectivity index (χ1n) is 6.14. The van der Waals surface area contributed by atoms with Crippen LogP contribution in [0.4, 0.5) is 5.82 Å². The van der Waals surface area contributed by atoms with Crippen molar-refractivity contribution in [2.75, 3.05) is 31.6 Å². The Kier molecular flexibility index (Phi) is 3.94. The number of carboxylic acid groups (broad SMARTS) is 1. The van der Waals surface area contributed by atoms with Gasteiger partial charge in [0.15, 0.2) is 11.5 Å². The van der Waals surface area contributed by atoms with Crippen LogP contribution in [0.3, 0.4) is 0 Å². The van der Waals surface area contributed by atoms with Gasteiger partial charge >= 0.3 is 5.97 Å². The van der Waals surface area contributed by atoms with Gasteiger partial charge in [0.1, 0.15) is 0 Å². The minimum Gasteiger partial charge on any atom is -0.476 e. The fourth-order valence-electron chi connectivity index (χ4n) is 1.99. The van der Waals surface area contributed by atoms with E-state index >= 15 is 0 Å². The summed E-state index contributed by atoms with van der Waals surface area (Å²) in [6.07, 6.45) is 2.12. The summed E-state index contributed by atoms with van der Waals surface area (Å²) in [4.78, 5) is 26.1. The van der Waals surface area contributed by atoms with Crippen molar-refractivity contribution < 1.29 is 14.7 Å². The summed E-state index contributed by atoms with van der Waals surface area (Å²) >= 11 is 0. The maximum atomic E-state index is 11.9. The third-order valence-electron chi connectivity index (χ3n) is 3.09. The number of hydrogen-bond acceptors (Lipinski definition) is 5. The number of rotatable bonds is 4. The molecular formula is C12H16N4O3. The van der Waals surface area contributed by atoms with E-state index in [0.29, 0.717) is 5.82 Å². The molecule has 7 nitrogen and oxygen atoms in total. The number of anilines is 1. The number of likely N-dealkylation sites (tertiary alicyclic amines) is 1. The average Bonchev–Trinajstić information content (AvgIpc) is 2.92. The van der Waals surface area contributed by atoms with Crippen molar-refractivity contribution in [3.8, 4) is 0 Å². The molecule has 0 spiro atoms. The molecule has 19 heavy (non-hydrogen) atoms. The molecule has 1 saturated heterocycles. The van der Waals surface area contributed by atoms with Crippen LogP contribution < -0.4 is 4.90 Å². The minimum atomic E-state index is -1.12. The second-order valence-corrected chi connectivity index (χ2v) is 4.53. The van der Waals surface area contributed by atoms with Crippen molar-refractivity contribution in [3.63, 3.8) is 0 Å². The molecule has 0 radical (unpaired) electrons. The highest BCUT2D eigenvalue weighted by Crippen LogP contribution is 2.11. The van der Waals surface area contributed by atoms with Crippen molar-refractivity contribution in [1.29, 1.82) is 0 Å². The smallest absolute Gasteiger partial charge is 0.356 e. The molecule has 0 atom stereocenters. The van der Waals surface area contributed by atoms with Gasteiger partial charge < -0.3 is 14.9 Å². The Hall–Kier alpha value is -2.18. The summed E-state index contributed by atoms with van der Waals surface area (Å²) < 4.78 is 0. The summed E-state index contributed by atoms with van der Waals surface area (Å²) in [5.41, 5.74) is -0.108. The molecule has 0 saturated carbocycles. The first-order chi connectivity index (χ1) is 9.08. The van der Waals surface area contributed by atoms with E-state index < -0.39 is 5.97 Å². The molecular weight excluding hydrogens is 248 g/mol. The fourth-order valence-corrected chi connectivity index (χ4v) is 1.99. The Bertz CT molecular complexity index is 468. The highest BCUT2D eigenvalue weighted by atomic mass is 16.4. The Morgan fingerprint density at radius 3 is 2.53 bits per heavy atom. The first-order valence-corrected chi connectivity index (χ1v) is 6.14. The second kappa shape index (κ2) is 5.64. The van der Waals surface area contributed by atoms with Crippen molar-refractivity contribution >= 4 is 17.7 Å². The van der Waals surface area contributed by atoms with Gasteiger partial charge in [0.05, 0.1) is 6.54 Å². The first kappa shape index (κ1) is 13.3. The van der Waals surface area contributed by atoms with E-state index in [-0.39, 0.29) is 18.1 Å². The van der Waals surface area contributed by atoms with Crippen molar-refractivity contribution in [2.45, 2.75) is 12.8 Å². The molecule has 2 heterocycles. The van der Waals surface area contributed by atoms with E-state index in [2.05, 4.69) is 10.2 Å². The van der Waals surface area contributed by atoms with Gasteiger partial charge in [-0.3, -0.25) is 4.79 Å². The average molecular weight is 264 g/mol. The van der Waals surface area contributed by atoms with Crippen LogP contribution in [0.2, 0.25) is 0 Å². The fraction of sp³-hybridized carbons (Fsp3) is 0.500. The predicted molar refractivity (Wildman–Crippen MR) is 68.1 cm³/mol. The zero-order valence-electron chi connectivity index (χ0n) is 10.7. The van der Waals surface area contributed by atoms with Gasteiger partial charge in [0.2, 0.25) is 5.91 Å². The molecule has 1 aliphatic rings. The third-order valence-corrected chi connectivity index (χ3v) is 3.09. The second-order valence-electron chi connectivity index (χ2n) is 4.53. The van der Waals surface area contributed by atoms with Crippen LogP contribution in [0.25, 0.3) is 0 Å².